The number of hydrogen-bond acceptors (Lipinski definition) is 4. The Bertz CT molecular complexity index is 622. The summed E-state index contributed by atoms with van der Waals surface area (Å²) in [5.74, 6) is -0.884. The monoisotopic (exact) mass is 386 g/mol. The van der Waals surface area contributed by atoms with Crippen molar-refractivity contribution in [3.8, 4) is 0 Å². The van der Waals surface area contributed by atoms with Crippen LogP contribution in [-0.2, 0) is 20.8 Å². The first-order chi connectivity index (χ1) is 9.15. The minimum absolute atomic E-state index is 0.0818. The van der Waals surface area contributed by atoms with Gasteiger partial charge in [0, 0.05) is 39.0 Å². The van der Waals surface area contributed by atoms with Gasteiger partial charge in [-0.15, -0.1) is 0 Å². The van der Waals surface area contributed by atoms with Crippen LogP contribution in [0.5, 0.6) is 0 Å². The molecule has 1 aromatic carbocycles. The number of halogens is 2. The number of hydrogen-bond donors (Lipinski definition) is 2. The Balaban J connectivity index is 2.85. The van der Waals surface area contributed by atoms with E-state index in [1.807, 2.05) is 0 Å². The summed E-state index contributed by atoms with van der Waals surface area (Å²) in [7, 11) is -5.01. The molecule has 20 heavy (non-hydrogen) atoms. The van der Waals surface area contributed by atoms with Crippen LogP contribution in [0.1, 0.15) is 13.3 Å². The average Bonchev–Trinajstić information content (AvgIpc) is 2.33. The lowest BCUT2D eigenvalue weighted by Gasteiger charge is -2.11. The summed E-state index contributed by atoms with van der Waals surface area (Å²) in [5.41, 5.74) is 5.69. The first-order valence-corrected chi connectivity index (χ1v) is 9.61. The lowest BCUT2D eigenvalue weighted by molar-refractivity contribution is 0.554. The molecular formula is C11H16BrFN2O3S2. The molecular weight excluding hydrogens is 371 g/mol. The average molecular weight is 387 g/mol. The van der Waals surface area contributed by atoms with Gasteiger partial charge in [0.05, 0.1) is 0 Å². The number of sulfonamides is 1. The molecule has 3 N–H and O–H groups in total. The minimum atomic E-state index is -3.98. The minimum Gasteiger partial charge on any atom is -0.398 e. The molecule has 0 heterocycles. The quantitative estimate of drug-likeness (QED) is 0.726. The highest BCUT2D eigenvalue weighted by molar-refractivity contribution is 9.10. The number of rotatable bonds is 6. The van der Waals surface area contributed by atoms with E-state index < -0.39 is 31.5 Å². The molecule has 5 nitrogen and oxygen atoms in total. The molecule has 0 spiro atoms. The maximum Gasteiger partial charge on any atom is 0.243 e. The molecule has 0 radical (unpaired) electrons. The molecule has 0 saturated heterocycles. The molecule has 0 aliphatic heterocycles. The van der Waals surface area contributed by atoms with Gasteiger partial charge in [-0.2, -0.15) is 0 Å². The Morgan fingerprint density at radius 2 is 2.10 bits per heavy atom. The van der Waals surface area contributed by atoms with Crippen molar-refractivity contribution in [3.05, 3.63) is 22.4 Å². The zero-order valence-electron chi connectivity index (χ0n) is 11.0. The van der Waals surface area contributed by atoms with Gasteiger partial charge >= 0.3 is 0 Å². The molecule has 0 bridgehead atoms. The lowest BCUT2D eigenvalue weighted by Crippen LogP contribution is -2.28. The van der Waals surface area contributed by atoms with Gasteiger partial charge < -0.3 is 5.73 Å². The highest BCUT2D eigenvalue weighted by Gasteiger charge is 2.20. The summed E-state index contributed by atoms with van der Waals surface area (Å²) in [5, 5.41) is -0.141. The van der Waals surface area contributed by atoms with Crippen LogP contribution in [-0.4, -0.2) is 30.7 Å². The van der Waals surface area contributed by atoms with Crippen molar-refractivity contribution in [3.63, 3.8) is 0 Å². The van der Waals surface area contributed by atoms with Gasteiger partial charge in [-0.3, -0.25) is 4.21 Å². The molecule has 0 aliphatic rings. The molecule has 0 aliphatic carbocycles. The van der Waals surface area contributed by atoms with Crippen molar-refractivity contribution in [2.24, 2.45) is 0 Å². The van der Waals surface area contributed by atoms with Crippen molar-refractivity contribution >= 4 is 42.4 Å². The fourth-order valence-corrected chi connectivity index (χ4v) is 3.30. The summed E-state index contributed by atoms with van der Waals surface area (Å²) in [6.07, 6.45) is 1.95. The van der Waals surface area contributed by atoms with Crippen LogP contribution < -0.4 is 10.5 Å². The highest BCUT2D eigenvalue weighted by atomic mass is 79.9. The molecule has 114 valence electrons. The Morgan fingerprint density at radius 1 is 1.50 bits per heavy atom. The SMILES string of the molecule is CC(CCNS(=O)(=O)c1cc(N)c(Br)cc1F)S(C)=O. The van der Waals surface area contributed by atoms with Gasteiger partial charge in [0.25, 0.3) is 0 Å². The molecule has 2 atom stereocenters. The van der Waals surface area contributed by atoms with Crippen LogP contribution in [0.15, 0.2) is 21.5 Å². The normalized spacial score (nSPS) is 15.0. The van der Waals surface area contributed by atoms with Crippen molar-refractivity contribution in [2.45, 2.75) is 23.5 Å². The van der Waals surface area contributed by atoms with E-state index in [1.54, 1.807) is 13.2 Å². The predicted octanol–water partition coefficient (Wildman–Crippen LogP) is 1.61. The van der Waals surface area contributed by atoms with Gasteiger partial charge in [0.15, 0.2) is 0 Å². The topological polar surface area (TPSA) is 89.3 Å². The summed E-state index contributed by atoms with van der Waals surface area (Å²) in [6.45, 7) is 1.83. The van der Waals surface area contributed by atoms with Crippen LogP contribution >= 0.6 is 15.9 Å². The Kier molecular flexibility index (Phi) is 6.11. The second kappa shape index (κ2) is 6.97. The molecule has 2 unspecified atom stereocenters. The van der Waals surface area contributed by atoms with E-state index in [2.05, 4.69) is 20.7 Å². The molecule has 0 saturated carbocycles. The zero-order chi connectivity index (χ0) is 15.5. The number of nitrogens with two attached hydrogens (primary N) is 1. The second-order valence-electron chi connectivity index (χ2n) is 4.30. The largest absolute Gasteiger partial charge is 0.398 e. The van der Waals surface area contributed by atoms with E-state index in [0.717, 1.165) is 12.1 Å². The molecule has 1 rings (SSSR count). The van der Waals surface area contributed by atoms with E-state index in [4.69, 9.17) is 5.73 Å². The van der Waals surface area contributed by atoms with Crippen LogP contribution in [0.4, 0.5) is 10.1 Å². The lowest BCUT2D eigenvalue weighted by atomic mass is 10.3. The third-order valence-electron chi connectivity index (χ3n) is 2.75. The van der Waals surface area contributed by atoms with E-state index in [1.165, 1.54) is 0 Å². The fraction of sp³-hybridized carbons (Fsp3) is 0.455. The van der Waals surface area contributed by atoms with Crippen molar-refractivity contribution in [2.75, 3.05) is 18.5 Å². The summed E-state index contributed by atoms with van der Waals surface area (Å²) >= 11 is 3.02. The van der Waals surface area contributed by atoms with Gasteiger partial charge in [-0.25, -0.2) is 17.5 Å². The van der Waals surface area contributed by atoms with Gasteiger partial charge in [0.1, 0.15) is 10.7 Å². The zero-order valence-corrected chi connectivity index (χ0v) is 14.2. The van der Waals surface area contributed by atoms with Crippen molar-refractivity contribution in [1.29, 1.82) is 0 Å². The molecule has 0 aromatic heterocycles. The second-order valence-corrected chi connectivity index (χ2v) is 8.69. The van der Waals surface area contributed by atoms with E-state index in [-0.39, 0.29) is 17.5 Å². The number of nitrogen functional groups attached to an aromatic ring is 1. The standard InChI is InChI=1S/C11H16BrFN2O3S2/c1-7(19(2)16)3-4-15-20(17,18)11-6-10(14)8(12)5-9(11)13/h5-7,15H,3-4,14H2,1-2H3. The van der Waals surface area contributed by atoms with E-state index in [9.17, 15) is 17.0 Å². The van der Waals surface area contributed by atoms with Crippen LogP contribution in [0.2, 0.25) is 0 Å². The molecule has 1 aromatic rings. The van der Waals surface area contributed by atoms with E-state index >= 15 is 0 Å². The Labute approximate surface area is 128 Å². The molecule has 9 heteroatoms. The van der Waals surface area contributed by atoms with Gasteiger partial charge in [-0.05, 0) is 34.5 Å². The smallest absolute Gasteiger partial charge is 0.243 e. The fourth-order valence-electron chi connectivity index (χ4n) is 1.39. The third-order valence-corrected chi connectivity index (χ3v) is 6.28. The van der Waals surface area contributed by atoms with Gasteiger partial charge in [-0.1, -0.05) is 6.92 Å². The Hall–Kier alpha value is -0.510. The number of benzene rings is 1. The first kappa shape index (κ1) is 17.5. The van der Waals surface area contributed by atoms with Crippen LogP contribution in [0.3, 0.4) is 0 Å². The van der Waals surface area contributed by atoms with Crippen molar-refractivity contribution in [1.82, 2.24) is 4.72 Å². The summed E-state index contributed by atoms with van der Waals surface area (Å²) in [6, 6.07) is 2.07. The highest BCUT2D eigenvalue weighted by Crippen LogP contribution is 2.25. The summed E-state index contributed by atoms with van der Waals surface area (Å²) in [4.78, 5) is -0.497. The van der Waals surface area contributed by atoms with Crippen molar-refractivity contribution < 1.29 is 17.0 Å². The first-order valence-electron chi connectivity index (χ1n) is 5.71. The predicted molar refractivity (Wildman–Crippen MR) is 81.8 cm³/mol. The third kappa shape index (κ3) is 4.51. The Morgan fingerprint density at radius 3 is 2.65 bits per heavy atom. The van der Waals surface area contributed by atoms with E-state index in [0.29, 0.717) is 10.9 Å². The van der Waals surface area contributed by atoms with Crippen LogP contribution in [0, 0.1) is 5.82 Å². The molecule has 0 amide bonds. The van der Waals surface area contributed by atoms with Crippen LogP contribution in [0.25, 0.3) is 0 Å². The number of nitrogens with one attached hydrogen (secondary N) is 1. The number of anilines is 1. The van der Waals surface area contributed by atoms with Gasteiger partial charge in [0.2, 0.25) is 10.0 Å². The maximum absolute atomic E-state index is 13.7. The molecule has 0 fully saturated rings. The summed E-state index contributed by atoms with van der Waals surface area (Å²) < 4.78 is 51.4. The maximum atomic E-state index is 13.7.